The molecule has 112 valence electrons. The van der Waals surface area contributed by atoms with Crippen molar-refractivity contribution in [2.24, 2.45) is 0 Å². The molecule has 0 unspecified atom stereocenters. The van der Waals surface area contributed by atoms with Crippen molar-refractivity contribution < 1.29 is 0 Å². The fourth-order valence-electron chi connectivity index (χ4n) is 1.43. The van der Waals surface area contributed by atoms with Crippen LogP contribution in [0.15, 0.2) is 60.7 Å². The lowest BCUT2D eigenvalue weighted by molar-refractivity contribution is 1.08. The second-order valence-corrected chi connectivity index (χ2v) is 9.54. The number of rotatable bonds is 3. The van der Waals surface area contributed by atoms with E-state index in [2.05, 4.69) is 67.6 Å². The first-order valence-corrected chi connectivity index (χ1v) is 12.2. The minimum Gasteiger partial charge on any atom is -0.147 e. The Bertz CT molecular complexity index is 371. The zero-order valence-corrected chi connectivity index (χ0v) is 20.4. The second-order valence-electron chi connectivity index (χ2n) is 4.42. The lowest BCUT2D eigenvalue weighted by Gasteiger charge is -1.97. The van der Waals surface area contributed by atoms with E-state index < -0.39 is 0 Å². The molecule has 0 saturated heterocycles. The third-order valence-corrected chi connectivity index (χ3v) is 5.35. The van der Waals surface area contributed by atoms with E-state index in [-0.39, 0.29) is 27.6 Å². The molecular formula is C16H25Al3Cl2. The van der Waals surface area contributed by atoms with Crippen LogP contribution in [0.25, 0.3) is 0 Å². The van der Waals surface area contributed by atoms with Crippen LogP contribution < -0.4 is 8.85 Å². The van der Waals surface area contributed by atoms with Gasteiger partial charge in [0.05, 0.1) is 0 Å². The molecule has 0 aliphatic carbocycles. The first-order valence-electron chi connectivity index (χ1n) is 7.42. The number of benzene rings is 2. The maximum atomic E-state index is 5.06. The molecule has 0 aromatic heterocycles. The molecule has 0 aliphatic heterocycles. The van der Waals surface area contributed by atoms with E-state index in [1.807, 2.05) is 0 Å². The zero-order chi connectivity index (χ0) is 15.1. The second kappa shape index (κ2) is 18.7. The fraction of sp³-hybridized carbons (Fsp3) is 0.250. The molecule has 0 spiro atoms. The van der Waals surface area contributed by atoms with Crippen molar-refractivity contribution in [2.75, 3.05) is 4.74 Å². The van der Waals surface area contributed by atoms with Gasteiger partial charge in [-0.1, -0.05) is 74.0 Å². The Kier molecular flexibility index (Phi) is 21.2. The van der Waals surface area contributed by atoms with Gasteiger partial charge in [-0.05, 0) is 4.74 Å². The van der Waals surface area contributed by atoms with E-state index in [1.165, 1.54) is 36.8 Å². The van der Waals surface area contributed by atoms with Crippen molar-refractivity contribution in [3.05, 3.63) is 60.7 Å². The van der Waals surface area contributed by atoms with Crippen LogP contribution in [0.1, 0.15) is 13.3 Å². The lowest BCUT2D eigenvalue weighted by Crippen LogP contribution is -2.26. The molecule has 0 bridgehead atoms. The number of alkyl halides is 1. The van der Waals surface area contributed by atoms with Gasteiger partial charge in [0.1, 0.15) is 0 Å². The molecule has 2 aromatic rings. The van der Waals surface area contributed by atoms with E-state index in [0.717, 1.165) is 21.0 Å². The Morgan fingerprint density at radius 3 is 1.38 bits per heavy atom. The van der Waals surface area contributed by atoms with E-state index >= 15 is 0 Å². The highest BCUT2D eigenvalue weighted by Gasteiger charge is 1.97. The predicted octanol–water partition coefficient (Wildman–Crippen LogP) is 1.76. The summed E-state index contributed by atoms with van der Waals surface area (Å²) < 4.78 is 3.88. The molecule has 0 fully saturated rings. The van der Waals surface area contributed by atoms with Crippen molar-refractivity contribution in [3.63, 3.8) is 0 Å². The highest BCUT2D eigenvalue weighted by Crippen LogP contribution is 1.84. The molecule has 0 saturated carbocycles. The van der Waals surface area contributed by atoms with Gasteiger partial charge >= 0.3 is 15.2 Å². The van der Waals surface area contributed by atoms with Gasteiger partial charge in [0, 0.05) is 0 Å². The van der Waals surface area contributed by atoms with Crippen LogP contribution in [0.2, 0.25) is 5.28 Å². The zero-order valence-electron chi connectivity index (χ0n) is 13.4. The largest absolute Gasteiger partial charge is 0.323 e. The van der Waals surface area contributed by atoms with Gasteiger partial charge in [0.2, 0.25) is 32.6 Å². The van der Waals surface area contributed by atoms with Crippen LogP contribution in [-0.2, 0) is 0 Å². The van der Waals surface area contributed by atoms with E-state index in [4.69, 9.17) is 11.6 Å². The first kappa shape index (κ1) is 23.9. The lowest BCUT2D eigenvalue weighted by atomic mass is 10.4. The van der Waals surface area contributed by atoms with Crippen LogP contribution in [0.3, 0.4) is 0 Å². The SMILES string of the molecule is CC[CH2][AlH2].Cl.[AlH2][CH2]Cl.c1cc[c]([AlH][c]2ccccc2)cc1. The van der Waals surface area contributed by atoms with Crippen LogP contribution in [0, 0.1) is 0 Å². The molecule has 0 N–H and O–H groups in total. The average molecular weight is 369 g/mol. The van der Waals surface area contributed by atoms with Gasteiger partial charge in [0.25, 0.3) is 0 Å². The summed E-state index contributed by atoms with van der Waals surface area (Å²) >= 11 is 7.35. The van der Waals surface area contributed by atoms with Gasteiger partial charge in [-0.3, -0.25) is 0 Å². The quantitative estimate of drug-likeness (QED) is 0.572. The van der Waals surface area contributed by atoms with Crippen LogP contribution in [0.4, 0.5) is 0 Å². The molecule has 5 heteroatoms. The monoisotopic (exact) mass is 368 g/mol. The molecule has 0 amide bonds. The molecule has 0 aliphatic rings. The minimum atomic E-state index is -0.234. The first-order chi connectivity index (χ1) is 9.78. The van der Waals surface area contributed by atoms with E-state index in [0.29, 0.717) is 0 Å². The van der Waals surface area contributed by atoms with Crippen molar-refractivity contribution >= 4 is 80.7 Å². The standard InChI is InChI=1S/2C6H5.C3H7.CH2Cl.3Al.ClH.5H/c2*1-2-4-6-5-3-1;1-3-2;1-2;;;;;;;;;/h2*1-5H;1,3H2,2H3;1H2;;;;1H;;;;;. The van der Waals surface area contributed by atoms with Gasteiger partial charge in [-0.15, -0.1) is 38.1 Å². The van der Waals surface area contributed by atoms with E-state index in [9.17, 15) is 0 Å². The Morgan fingerprint density at radius 1 is 0.857 bits per heavy atom. The van der Waals surface area contributed by atoms with Crippen molar-refractivity contribution in [3.8, 4) is 0 Å². The van der Waals surface area contributed by atoms with E-state index in [1.54, 1.807) is 0 Å². The molecule has 0 heterocycles. The van der Waals surface area contributed by atoms with Gasteiger partial charge in [0.15, 0.2) is 0 Å². The summed E-state index contributed by atoms with van der Waals surface area (Å²) in [6, 6.07) is 21.5. The highest BCUT2D eigenvalue weighted by molar-refractivity contribution is 6.67. The Morgan fingerprint density at radius 2 is 1.14 bits per heavy atom. The van der Waals surface area contributed by atoms with Crippen LogP contribution >= 0.6 is 24.0 Å². The van der Waals surface area contributed by atoms with Crippen molar-refractivity contribution in [2.45, 2.75) is 18.6 Å². The topological polar surface area (TPSA) is 0 Å². The molecule has 2 aromatic carbocycles. The Hall–Kier alpha value is 0.617. The summed E-state index contributed by atoms with van der Waals surface area (Å²) in [6.45, 7) is 2.22. The molecule has 2 rings (SSSR count). The average Bonchev–Trinajstić information content (AvgIpc) is 2.50. The third kappa shape index (κ3) is 15.3. The molecular weight excluding hydrogens is 344 g/mol. The molecule has 21 heavy (non-hydrogen) atoms. The van der Waals surface area contributed by atoms with Crippen molar-refractivity contribution in [1.82, 2.24) is 0 Å². The maximum absolute atomic E-state index is 5.06. The Labute approximate surface area is 163 Å². The summed E-state index contributed by atoms with van der Waals surface area (Å²) in [5.41, 5.74) is 0. The minimum absolute atomic E-state index is 0. The van der Waals surface area contributed by atoms with Crippen LogP contribution in [-0.4, -0.2) is 52.5 Å². The van der Waals surface area contributed by atoms with Crippen molar-refractivity contribution in [1.29, 1.82) is 0 Å². The normalized spacial score (nSPS) is 8.10. The molecule has 0 radical (unpaired) electrons. The summed E-state index contributed by atoms with van der Waals surface area (Å²) in [4.78, 5) is 0. The summed E-state index contributed by atoms with van der Waals surface area (Å²) in [5, 5.41) is 1.46. The maximum Gasteiger partial charge on any atom is 0.323 e. The Balaban J connectivity index is 0. The molecule has 0 nitrogen and oxygen atoms in total. The van der Waals surface area contributed by atoms with Gasteiger partial charge in [-0.2, -0.15) is 0 Å². The number of hydrogen-bond acceptors (Lipinski definition) is 0. The van der Waals surface area contributed by atoms with Crippen LogP contribution in [0.5, 0.6) is 0 Å². The number of halogens is 2. The highest BCUT2D eigenvalue weighted by atomic mass is 35.5. The number of hydrogen-bond donors (Lipinski definition) is 0. The third-order valence-electron chi connectivity index (χ3n) is 2.59. The fourth-order valence-corrected chi connectivity index (χ4v) is 2.91. The van der Waals surface area contributed by atoms with Gasteiger partial charge in [-0.25, -0.2) is 0 Å². The summed E-state index contributed by atoms with van der Waals surface area (Å²) in [7, 11) is 0. The summed E-state index contributed by atoms with van der Waals surface area (Å²) in [6.07, 6.45) is 1.38. The summed E-state index contributed by atoms with van der Waals surface area (Å²) in [5.74, 6) is 0. The predicted molar refractivity (Wildman–Crippen MR) is 109 cm³/mol. The molecule has 0 atom stereocenters. The van der Waals surface area contributed by atoms with Gasteiger partial charge < -0.3 is 0 Å². The smallest absolute Gasteiger partial charge is 0.147 e.